The second-order valence-electron chi connectivity index (χ2n) is 7.94. The summed E-state index contributed by atoms with van der Waals surface area (Å²) in [6.07, 6.45) is 5.41. The lowest BCUT2D eigenvalue weighted by atomic mass is 9.72. The average molecular weight is 357 g/mol. The van der Waals surface area contributed by atoms with Crippen LogP contribution in [0.4, 0.5) is 10.5 Å². The van der Waals surface area contributed by atoms with E-state index in [0.29, 0.717) is 18.4 Å². The molecule has 1 unspecified atom stereocenters. The molecular weight excluding hydrogens is 326 g/mol. The van der Waals surface area contributed by atoms with Crippen LogP contribution in [-0.4, -0.2) is 36.5 Å². The number of nitrogens with zero attached hydrogens (tertiary/aromatic N) is 1. The number of nitrogens with one attached hydrogen (secondary N) is 2. The van der Waals surface area contributed by atoms with E-state index in [1.807, 2.05) is 36.1 Å². The highest BCUT2D eigenvalue weighted by Gasteiger charge is 2.37. The molecule has 0 bridgehead atoms. The quantitative estimate of drug-likeness (QED) is 0.842. The first-order chi connectivity index (χ1) is 12.5. The number of amides is 3. The van der Waals surface area contributed by atoms with Gasteiger partial charge in [0.15, 0.2) is 0 Å². The van der Waals surface area contributed by atoms with Crippen LogP contribution >= 0.6 is 0 Å². The molecule has 1 atom stereocenters. The minimum atomic E-state index is -0.179. The molecule has 1 heterocycles. The van der Waals surface area contributed by atoms with Crippen molar-refractivity contribution in [3.8, 4) is 0 Å². The van der Waals surface area contributed by atoms with Gasteiger partial charge in [-0.3, -0.25) is 4.79 Å². The summed E-state index contributed by atoms with van der Waals surface area (Å²) in [5, 5.41) is 5.82. The Bertz CT molecular complexity index is 623. The highest BCUT2D eigenvalue weighted by molar-refractivity contribution is 5.89. The number of benzene rings is 1. The number of hydrogen-bond donors (Lipinski definition) is 2. The fourth-order valence-corrected chi connectivity index (χ4v) is 4.01. The number of anilines is 1. The van der Waals surface area contributed by atoms with Crippen LogP contribution < -0.4 is 10.6 Å². The Kier molecular flexibility index (Phi) is 6.17. The number of likely N-dealkylation sites (tertiary alicyclic amines) is 1. The molecule has 1 aliphatic heterocycles. The summed E-state index contributed by atoms with van der Waals surface area (Å²) in [5.41, 5.74) is 1.96. The van der Waals surface area contributed by atoms with Crippen molar-refractivity contribution in [2.45, 2.75) is 46.0 Å². The number of piperidine rings is 1. The number of hydrogen-bond acceptors (Lipinski definition) is 2. The summed E-state index contributed by atoms with van der Waals surface area (Å²) >= 11 is 0. The summed E-state index contributed by atoms with van der Waals surface area (Å²) in [6, 6.07) is 7.58. The lowest BCUT2D eigenvalue weighted by molar-refractivity contribution is -0.141. The van der Waals surface area contributed by atoms with Crippen molar-refractivity contribution < 1.29 is 9.59 Å². The molecule has 2 N–H and O–H groups in total. The number of urea groups is 1. The van der Waals surface area contributed by atoms with Gasteiger partial charge < -0.3 is 15.5 Å². The van der Waals surface area contributed by atoms with Crippen LogP contribution in [0.3, 0.4) is 0 Å². The van der Waals surface area contributed by atoms with E-state index in [2.05, 4.69) is 17.6 Å². The first-order valence-corrected chi connectivity index (χ1v) is 9.95. The van der Waals surface area contributed by atoms with Gasteiger partial charge in [-0.2, -0.15) is 0 Å². The molecule has 0 aromatic heterocycles. The lowest BCUT2D eigenvalue weighted by Crippen LogP contribution is -2.48. The molecule has 142 valence electrons. The Balaban J connectivity index is 1.41. The van der Waals surface area contributed by atoms with Crippen molar-refractivity contribution in [2.24, 2.45) is 17.8 Å². The number of rotatable bonds is 5. The number of aryl methyl sites for hydroxylation is 1. The molecule has 5 nitrogen and oxygen atoms in total. The van der Waals surface area contributed by atoms with Gasteiger partial charge in [-0.25, -0.2) is 4.79 Å². The van der Waals surface area contributed by atoms with Crippen LogP contribution in [0.5, 0.6) is 0 Å². The monoisotopic (exact) mass is 357 g/mol. The minimum Gasteiger partial charge on any atom is -0.342 e. The van der Waals surface area contributed by atoms with Crippen molar-refractivity contribution in [3.63, 3.8) is 0 Å². The van der Waals surface area contributed by atoms with Crippen LogP contribution in [0.1, 0.15) is 44.6 Å². The fraction of sp³-hybridized carbons (Fsp3) is 0.619. The van der Waals surface area contributed by atoms with Gasteiger partial charge in [0, 0.05) is 31.2 Å². The van der Waals surface area contributed by atoms with Gasteiger partial charge in [-0.05, 0) is 56.6 Å². The van der Waals surface area contributed by atoms with Gasteiger partial charge in [-0.15, -0.1) is 0 Å². The Morgan fingerprint density at radius 1 is 1.15 bits per heavy atom. The highest BCUT2D eigenvalue weighted by Crippen LogP contribution is 2.37. The Morgan fingerprint density at radius 2 is 1.88 bits per heavy atom. The van der Waals surface area contributed by atoms with E-state index >= 15 is 0 Å². The summed E-state index contributed by atoms with van der Waals surface area (Å²) < 4.78 is 0. The third-order valence-corrected chi connectivity index (χ3v) is 5.85. The first kappa shape index (κ1) is 18.7. The summed E-state index contributed by atoms with van der Waals surface area (Å²) in [7, 11) is 0. The second kappa shape index (κ2) is 8.56. The molecular formula is C21H31N3O2. The van der Waals surface area contributed by atoms with Crippen LogP contribution in [-0.2, 0) is 4.79 Å². The van der Waals surface area contributed by atoms with Gasteiger partial charge >= 0.3 is 6.03 Å². The lowest BCUT2D eigenvalue weighted by Gasteiger charge is -2.40. The van der Waals surface area contributed by atoms with Crippen molar-refractivity contribution in [1.29, 1.82) is 0 Å². The number of carbonyl (C=O) groups excluding carboxylic acids is 2. The molecule has 2 fully saturated rings. The van der Waals surface area contributed by atoms with Gasteiger partial charge in [0.1, 0.15) is 0 Å². The maximum Gasteiger partial charge on any atom is 0.319 e. The molecule has 0 spiro atoms. The van der Waals surface area contributed by atoms with Gasteiger partial charge in [0.05, 0.1) is 0 Å². The van der Waals surface area contributed by atoms with Crippen LogP contribution in [0.15, 0.2) is 24.3 Å². The molecule has 0 radical (unpaired) electrons. The van der Waals surface area contributed by atoms with E-state index in [4.69, 9.17) is 0 Å². The molecule has 2 aliphatic rings. The van der Waals surface area contributed by atoms with E-state index in [0.717, 1.165) is 50.4 Å². The predicted octanol–water partition coefficient (Wildman–Crippen LogP) is 3.79. The van der Waals surface area contributed by atoms with E-state index < -0.39 is 0 Å². The average Bonchev–Trinajstić information content (AvgIpc) is 2.61. The van der Waals surface area contributed by atoms with Crippen LogP contribution in [0, 0.1) is 24.7 Å². The zero-order valence-electron chi connectivity index (χ0n) is 16.0. The topological polar surface area (TPSA) is 61.4 Å². The second-order valence-corrected chi connectivity index (χ2v) is 7.94. The fourth-order valence-electron chi connectivity index (χ4n) is 4.01. The SMILES string of the molecule is CCC1CC(C(=O)N2CCCC(CNC(=O)Nc3ccc(C)cc3)C2)C1. The highest BCUT2D eigenvalue weighted by atomic mass is 16.2. The zero-order valence-corrected chi connectivity index (χ0v) is 16.0. The predicted molar refractivity (Wildman–Crippen MR) is 104 cm³/mol. The minimum absolute atomic E-state index is 0.179. The van der Waals surface area contributed by atoms with E-state index in [1.165, 1.54) is 12.0 Å². The van der Waals surface area contributed by atoms with Crippen molar-refractivity contribution in [3.05, 3.63) is 29.8 Å². The maximum atomic E-state index is 12.6. The van der Waals surface area contributed by atoms with E-state index in [-0.39, 0.29) is 11.9 Å². The van der Waals surface area contributed by atoms with Crippen LogP contribution in [0.25, 0.3) is 0 Å². The van der Waals surface area contributed by atoms with Crippen molar-refractivity contribution in [2.75, 3.05) is 25.0 Å². The molecule has 5 heteroatoms. The molecule has 1 aliphatic carbocycles. The molecule has 1 aromatic carbocycles. The normalized spacial score (nSPS) is 25.3. The third kappa shape index (κ3) is 4.77. The molecule has 1 saturated heterocycles. The smallest absolute Gasteiger partial charge is 0.319 e. The molecule has 3 rings (SSSR count). The van der Waals surface area contributed by atoms with E-state index in [9.17, 15) is 9.59 Å². The van der Waals surface area contributed by atoms with E-state index in [1.54, 1.807) is 0 Å². The van der Waals surface area contributed by atoms with Gasteiger partial charge in [0.25, 0.3) is 0 Å². The van der Waals surface area contributed by atoms with Crippen molar-refractivity contribution in [1.82, 2.24) is 10.2 Å². The molecule has 1 aromatic rings. The maximum absolute atomic E-state index is 12.6. The molecule has 1 saturated carbocycles. The molecule has 3 amide bonds. The number of carbonyl (C=O) groups is 2. The van der Waals surface area contributed by atoms with Gasteiger partial charge in [0.2, 0.25) is 5.91 Å². The Morgan fingerprint density at radius 3 is 2.58 bits per heavy atom. The largest absolute Gasteiger partial charge is 0.342 e. The third-order valence-electron chi connectivity index (χ3n) is 5.85. The van der Waals surface area contributed by atoms with Crippen LogP contribution in [0.2, 0.25) is 0 Å². The summed E-state index contributed by atoms with van der Waals surface area (Å²) in [5.74, 6) is 1.68. The standard InChI is InChI=1S/C21H31N3O2/c1-3-16-11-18(12-16)20(25)24-10-4-5-17(14-24)13-22-21(26)23-19-8-6-15(2)7-9-19/h6-9,16-18H,3-5,10-14H2,1-2H3,(H2,22,23,26). The Hall–Kier alpha value is -2.04. The molecule has 26 heavy (non-hydrogen) atoms. The van der Waals surface area contributed by atoms with Gasteiger partial charge in [-0.1, -0.05) is 31.0 Å². The summed E-state index contributed by atoms with van der Waals surface area (Å²) in [4.78, 5) is 26.7. The van der Waals surface area contributed by atoms with Crippen molar-refractivity contribution >= 4 is 17.6 Å². The Labute approximate surface area is 156 Å². The summed E-state index contributed by atoms with van der Waals surface area (Å²) in [6.45, 7) is 6.49. The zero-order chi connectivity index (χ0) is 18.5. The first-order valence-electron chi connectivity index (χ1n) is 9.95.